The number of aryl methyl sites for hydroxylation is 2. The van der Waals surface area contributed by atoms with Crippen molar-refractivity contribution >= 4 is 17.8 Å². The number of piperidine rings is 1. The van der Waals surface area contributed by atoms with E-state index in [1.165, 1.54) is 20.2 Å². The van der Waals surface area contributed by atoms with Crippen molar-refractivity contribution in [1.29, 1.82) is 0 Å². The molecule has 2 saturated heterocycles. The van der Waals surface area contributed by atoms with Crippen LogP contribution < -0.4 is 5.32 Å². The number of benzene rings is 1. The van der Waals surface area contributed by atoms with Crippen LogP contribution in [0.25, 0.3) is 0 Å². The normalized spacial score (nSPS) is 19.5. The molecule has 0 unspecified atom stereocenters. The van der Waals surface area contributed by atoms with Gasteiger partial charge >= 0.3 is 12.1 Å². The molecular formula is C37H55F3N6O7. The van der Waals surface area contributed by atoms with E-state index < -0.39 is 35.1 Å². The summed E-state index contributed by atoms with van der Waals surface area (Å²) < 4.78 is 44.7. The molecule has 296 valence electrons. The molecule has 2 fully saturated rings. The first-order valence-corrected chi connectivity index (χ1v) is 17.8. The molecule has 53 heavy (non-hydrogen) atoms. The number of carboxylic acids is 1. The van der Waals surface area contributed by atoms with Crippen molar-refractivity contribution in [2.24, 2.45) is 5.41 Å². The molecule has 2 aromatic rings. The minimum atomic E-state index is -4.35. The Labute approximate surface area is 309 Å². The number of aromatic nitrogens is 2. The van der Waals surface area contributed by atoms with Crippen LogP contribution in [-0.4, -0.2) is 135 Å². The van der Waals surface area contributed by atoms with Crippen LogP contribution in [0.2, 0.25) is 0 Å². The molecule has 1 aromatic carbocycles. The van der Waals surface area contributed by atoms with Crippen LogP contribution >= 0.6 is 0 Å². The fourth-order valence-electron chi connectivity index (χ4n) is 6.76. The van der Waals surface area contributed by atoms with Gasteiger partial charge in [-0.15, -0.1) is 0 Å². The number of hydrogen-bond donors (Lipinski definition) is 4. The Morgan fingerprint density at radius 3 is 2.11 bits per heavy atom. The first-order chi connectivity index (χ1) is 24.8. The number of amides is 2. The van der Waals surface area contributed by atoms with Gasteiger partial charge in [0.2, 0.25) is 5.91 Å². The van der Waals surface area contributed by atoms with E-state index in [1.54, 1.807) is 19.2 Å². The fourth-order valence-corrected chi connectivity index (χ4v) is 6.76. The molecule has 0 saturated carbocycles. The highest BCUT2D eigenvalue weighted by atomic mass is 19.4. The zero-order valence-corrected chi connectivity index (χ0v) is 31.7. The number of aliphatic carboxylic acids is 1. The molecule has 16 heteroatoms. The summed E-state index contributed by atoms with van der Waals surface area (Å²) in [4.78, 5) is 49.8. The molecule has 4 N–H and O–H groups in total. The molecule has 0 radical (unpaired) electrons. The number of piperazine rings is 1. The highest BCUT2D eigenvalue weighted by molar-refractivity contribution is 5.96. The summed E-state index contributed by atoms with van der Waals surface area (Å²) in [6, 6.07) is 5.52. The summed E-state index contributed by atoms with van der Waals surface area (Å²) in [5, 5.41) is 29.0. The van der Waals surface area contributed by atoms with Gasteiger partial charge in [-0.2, -0.15) is 13.2 Å². The highest BCUT2D eigenvalue weighted by Gasteiger charge is 2.42. The number of hydrogen-bond acceptors (Lipinski definition) is 10. The highest BCUT2D eigenvalue weighted by Crippen LogP contribution is 2.35. The van der Waals surface area contributed by atoms with E-state index in [0.717, 1.165) is 50.2 Å². The van der Waals surface area contributed by atoms with Crippen molar-refractivity contribution in [1.82, 2.24) is 30.0 Å². The summed E-state index contributed by atoms with van der Waals surface area (Å²) in [5.74, 6) is -1.69. The molecule has 1 aromatic heterocycles. The van der Waals surface area contributed by atoms with Gasteiger partial charge in [-0.25, -0.2) is 9.97 Å². The maximum absolute atomic E-state index is 13.2. The third-order valence-electron chi connectivity index (χ3n) is 10.4. The van der Waals surface area contributed by atoms with Crippen LogP contribution in [0, 0.1) is 19.3 Å². The standard InChI is InChI=1S/C28H38F3N5O2.C9H17NO5/c1-19-16-35(14-15-36(19)24(17-38-5)22-6-8-23(9-7-22)28(29,30)31)27(4)10-12-34(13-11-27)26(37)25-20(2)32-18-33-21(25)3;1-9(2,5-11)7(14)8(15)10-4-3-6(12)13/h6-9,18-19,24H,10-17H2,1-5H3;7,11,14H,3-5H2,1-2H3,(H,10,15)(H,12,13)/t19-,24-;7-/m00/s1. The quantitative estimate of drug-likeness (QED) is 0.251. The van der Waals surface area contributed by atoms with E-state index in [-0.39, 0.29) is 43.1 Å². The number of rotatable bonds is 12. The number of nitrogens with zero attached hydrogens (tertiary/aromatic N) is 5. The fraction of sp³-hybridized carbons (Fsp3) is 0.649. The van der Waals surface area contributed by atoms with Gasteiger partial charge in [-0.3, -0.25) is 24.2 Å². The van der Waals surface area contributed by atoms with Gasteiger partial charge in [-0.05, 0) is 58.2 Å². The molecule has 0 aliphatic carbocycles. The van der Waals surface area contributed by atoms with E-state index in [4.69, 9.17) is 14.9 Å². The van der Waals surface area contributed by atoms with E-state index >= 15 is 0 Å². The number of carbonyl (C=O) groups excluding carboxylic acids is 2. The predicted octanol–water partition coefficient (Wildman–Crippen LogP) is 3.46. The Morgan fingerprint density at radius 2 is 1.62 bits per heavy atom. The van der Waals surface area contributed by atoms with Crippen LogP contribution in [0.5, 0.6) is 0 Å². The van der Waals surface area contributed by atoms with E-state index in [9.17, 15) is 32.7 Å². The molecule has 2 amide bonds. The maximum atomic E-state index is 13.2. The molecule has 2 aliphatic rings. The van der Waals surface area contributed by atoms with Gasteiger partial charge < -0.3 is 30.3 Å². The molecule has 2 aliphatic heterocycles. The summed E-state index contributed by atoms with van der Waals surface area (Å²) in [5.41, 5.74) is 1.24. The zero-order valence-electron chi connectivity index (χ0n) is 31.7. The monoisotopic (exact) mass is 752 g/mol. The topological polar surface area (TPSA) is 169 Å². The van der Waals surface area contributed by atoms with Crippen molar-refractivity contribution in [2.45, 2.75) is 90.7 Å². The predicted molar refractivity (Wildman–Crippen MR) is 191 cm³/mol. The van der Waals surface area contributed by atoms with Gasteiger partial charge in [0.05, 0.1) is 48.2 Å². The number of halogens is 3. The minimum absolute atomic E-state index is 0.000198. The average Bonchev–Trinajstić information content (AvgIpc) is 3.10. The van der Waals surface area contributed by atoms with Crippen LogP contribution in [0.1, 0.15) is 85.9 Å². The van der Waals surface area contributed by atoms with Crippen molar-refractivity contribution < 1.29 is 47.6 Å². The minimum Gasteiger partial charge on any atom is -0.481 e. The van der Waals surface area contributed by atoms with Crippen LogP contribution in [-0.2, 0) is 20.5 Å². The lowest BCUT2D eigenvalue weighted by Crippen LogP contribution is -2.62. The molecule has 4 rings (SSSR count). The van der Waals surface area contributed by atoms with Gasteiger partial charge in [0.25, 0.3) is 5.91 Å². The Balaban J connectivity index is 0.000000426. The van der Waals surface area contributed by atoms with Crippen molar-refractivity contribution in [2.75, 3.05) is 59.6 Å². The SMILES string of the molecule is CC(C)(CO)[C@@H](O)C(=O)NCCC(=O)O.COC[C@@H](c1ccc(C(F)(F)F)cc1)N1CCN(C2(C)CCN(C(=O)c3c(C)ncnc3C)CC2)C[C@@H]1C. The number of likely N-dealkylation sites (tertiary alicyclic amines) is 1. The average molecular weight is 753 g/mol. The van der Waals surface area contributed by atoms with E-state index in [1.807, 2.05) is 18.7 Å². The van der Waals surface area contributed by atoms with Gasteiger partial charge in [-0.1, -0.05) is 26.0 Å². The second-order valence-electron chi connectivity index (χ2n) is 14.8. The molecule has 13 nitrogen and oxygen atoms in total. The van der Waals surface area contributed by atoms with Crippen molar-refractivity contribution in [3.63, 3.8) is 0 Å². The molecular weight excluding hydrogens is 697 g/mol. The number of alkyl halides is 3. The maximum Gasteiger partial charge on any atom is 0.416 e. The number of carbonyl (C=O) groups is 3. The second-order valence-corrected chi connectivity index (χ2v) is 14.8. The summed E-state index contributed by atoms with van der Waals surface area (Å²) in [6.07, 6.45) is -2.66. The first-order valence-electron chi connectivity index (χ1n) is 17.8. The third-order valence-corrected chi connectivity index (χ3v) is 10.4. The second kappa shape index (κ2) is 18.6. The number of aliphatic hydroxyl groups excluding tert-OH is 2. The van der Waals surface area contributed by atoms with E-state index in [2.05, 4.69) is 38.9 Å². The number of methoxy groups -OCH3 is 1. The lowest BCUT2D eigenvalue weighted by Gasteiger charge is -2.52. The van der Waals surface area contributed by atoms with Crippen LogP contribution in [0.3, 0.4) is 0 Å². The zero-order chi connectivity index (χ0) is 39.7. The largest absolute Gasteiger partial charge is 0.481 e. The molecule has 0 bridgehead atoms. The Morgan fingerprint density at radius 1 is 1.04 bits per heavy atom. The smallest absolute Gasteiger partial charge is 0.416 e. The van der Waals surface area contributed by atoms with Gasteiger partial charge in [0, 0.05) is 63.4 Å². The van der Waals surface area contributed by atoms with Crippen molar-refractivity contribution in [3.05, 3.63) is 58.7 Å². The number of nitrogens with one attached hydrogen (secondary N) is 1. The lowest BCUT2D eigenvalue weighted by molar-refractivity contribution is -0.139. The molecule has 0 spiro atoms. The number of ether oxygens (including phenoxy) is 1. The van der Waals surface area contributed by atoms with Crippen LogP contribution in [0.4, 0.5) is 13.2 Å². The van der Waals surface area contributed by atoms with E-state index in [0.29, 0.717) is 36.6 Å². The Bertz CT molecular complexity index is 1510. The van der Waals surface area contributed by atoms with Gasteiger partial charge in [0.1, 0.15) is 12.4 Å². The molecule has 3 heterocycles. The third kappa shape index (κ3) is 11.4. The molecule has 3 atom stereocenters. The van der Waals surface area contributed by atoms with Crippen molar-refractivity contribution in [3.8, 4) is 0 Å². The van der Waals surface area contributed by atoms with Crippen LogP contribution in [0.15, 0.2) is 30.6 Å². The Kier molecular flexibility index (Phi) is 15.3. The lowest BCUT2D eigenvalue weighted by atomic mass is 9.86. The summed E-state index contributed by atoms with van der Waals surface area (Å²) >= 11 is 0. The summed E-state index contributed by atoms with van der Waals surface area (Å²) in [6.45, 7) is 15.1. The number of carboxylic acid groups (broad SMARTS) is 1. The Hall–Kier alpha value is -3.70. The first kappa shape index (κ1) is 43.7. The number of aliphatic hydroxyl groups is 2. The van der Waals surface area contributed by atoms with Gasteiger partial charge in [0.15, 0.2) is 0 Å². The summed E-state index contributed by atoms with van der Waals surface area (Å²) in [7, 11) is 1.62.